The lowest BCUT2D eigenvalue weighted by atomic mass is 10.1. The van der Waals surface area contributed by atoms with Crippen LogP contribution in [0.2, 0.25) is 0 Å². The highest BCUT2D eigenvalue weighted by Crippen LogP contribution is 2.28. The minimum atomic E-state index is -0.525. The molecule has 1 amide bonds. The molecule has 0 aliphatic carbocycles. The van der Waals surface area contributed by atoms with Crippen LogP contribution in [0.15, 0.2) is 18.2 Å². The highest BCUT2D eigenvalue weighted by Gasteiger charge is 2.21. The topological polar surface area (TPSA) is 72.7 Å². The molecule has 114 valence electrons. The standard InChI is InChI=1S/C15H20N2O4/c1-21-14-8-7-12(11-13(14)17(19)20)15(18)16-9-5-3-2-4-6-10-16/h7-8,11H,2-6,9-10H2,1H3. The van der Waals surface area contributed by atoms with Gasteiger partial charge in [0.25, 0.3) is 5.91 Å². The fourth-order valence-electron chi connectivity index (χ4n) is 2.60. The molecular weight excluding hydrogens is 272 g/mol. The van der Waals surface area contributed by atoms with E-state index < -0.39 is 4.92 Å². The minimum Gasteiger partial charge on any atom is -0.490 e. The summed E-state index contributed by atoms with van der Waals surface area (Å²) in [4.78, 5) is 24.8. The maximum atomic E-state index is 12.5. The van der Waals surface area contributed by atoms with E-state index in [0.29, 0.717) is 5.56 Å². The number of ether oxygens (including phenoxy) is 1. The highest BCUT2D eigenvalue weighted by atomic mass is 16.6. The predicted octanol–water partition coefficient (Wildman–Crippen LogP) is 3.01. The molecule has 6 heteroatoms. The Morgan fingerprint density at radius 2 is 1.81 bits per heavy atom. The number of likely N-dealkylation sites (tertiary alicyclic amines) is 1. The zero-order valence-electron chi connectivity index (χ0n) is 12.2. The highest BCUT2D eigenvalue weighted by molar-refractivity contribution is 5.95. The Labute approximate surface area is 123 Å². The number of methoxy groups -OCH3 is 1. The van der Waals surface area contributed by atoms with Crippen molar-refractivity contribution in [3.8, 4) is 5.75 Å². The number of nitro benzene ring substituents is 1. The van der Waals surface area contributed by atoms with Gasteiger partial charge in [-0.1, -0.05) is 19.3 Å². The monoisotopic (exact) mass is 292 g/mol. The molecule has 0 aromatic heterocycles. The summed E-state index contributed by atoms with van der Waals surface area (Å²) in [5.74, 6) is 0.0341. The van der Waals surface area contributed by atoms with Gasteiger partial charge in [0.2, 0.25) is 0 Å². The van der Waals surface area contributed by atoms with E-state index in [9.17, 15) is 14.9 Å². The van der Waals surface area contributed by atoms with Crippen LogP contribution in [0.25, 0.3) is 0 Å². The normalized spacial score (nSPS) is 16.0. The van der Waals surface area contributed by atoms with Gasteiger partial charge in [0.15, 0.2) is 5.75 Å². The zero-order valence-corrected chi connectivity index (χ0v) is 12.2. The summed E-state index contributed by atoms with van der Waals surface area (Å²) in [5, 5.41) is 11.0. The largest absolute Gasteiger partial charge is 0.490 e. The smallest absolute Gasteiger partial charge is 0.311 e. The number of benzene rings is 1. The molecule has 0 saturated carbocycles. The van der Waals surface area contributed by atoms with Crippen molar-refractivity contribution in [1.82, 2.24) is 4.90 Å². The molecule has 1 heterocycles. The third-order valence-electron chi connectivity index (χ3n) is 3.77. The summed E-state index contributed by atoms with van der Waals surface area (Å²) in [6, 6.07) is 4.38. The maximum absolute atomic E-state index is 12.5. The van der Waals surface area contributed by atoms with Crippen LogP contribution < -0.4 is 4.74 Å². The van der Waals surface area contributed by atoms with E-state index in [4.69, 9.17) is 4.74 Å². The molecule has 21 heavy (non-hydrogen) atoms. The number of carbonyl (C=O) groups excluding carboxylic acids is 1. The first-order valence-electron chi connectivity index (χ1n) is 7.25. The maximum Gasteiger partial charge on any atom is 0.311 e. The van der Waals surface area contributed by atoms with Gasteiger partial charge < -0.3 is 9.64 Å². The van der Waals surface area contributed by atoms with Crippen molar-refractivity contribution in [2.45, 2.75) is 32.1 Å². The molecule has 1 aromatic rings. The van der Waals surface area contributed by atoms with Crippen LogP contribution in [0.5, 0.6) is 5.75 Å². The molecular formula is C15H20N2O4. The first-order chi connectivity index (χ1) is 10.1. The Kier molecular flexibility index (Phi) is 5.14. The van der Waals surface area contributed by atoms with E-state index in [1.165, 1.54) is 25.7 Å². The van der Waals surface area contributed by atoms with Crippen molar-refractivity contribution in [1.29, 1.82) is 0 Å². The van der Waals surface area contributed by atoms with Crippen LogP contribution in [0.1, 0.15) is 42.5 Å². The van der Waals surface area contributed by atoms with Crippen molar-refractivity contribution >= 4 is 11.6 Å². The number of carbonyl (C=O) groups is 1. The summed E-state index contributed by atoms with van der Waals surface area (Å²) >= 11 is 0. The van der Waals surface area contributed by atoms with Crippen molar-refractivity contribution in [2.24, 2.45) is 0 Å². The molecule has 0 unspecified atom stereocenters. The Bertz CT molecular complexity index is 522. The van der Waals surface area contributed by atoms with Crippen LogP contribution in [-0.4, -0.2) is 35.9 Å². The average molecular weight is 292 g/mol. The van der Waals surface area contributed by atoms with Gasteiger partial charge in [-0.2, -0.15) is 0 Å². The molecule has 0 N–H and O–H groups in total. The SMILES string of the molecule is COc1ccc(C(=O)N2CCCCCCC2)cc1[N+](=O)[O-]. The summed E-state index contributed by atoms with van der Waals surface area (Å²) in [6.45, 7) is 1.44. The third-order valence-corrected chi connectivity index (χ3v) is 3.77. The average Bonchev–Trinajstić information content (AvgIpc) is 2.45. The lowest BCUT2D eigenvalue weighted by molar-refractivity contribution is -0.385. The Balaban J connectivity index is 2.21. The van der Waals surface area contributed by atoms with Crippen molar-refractivity contribution in [2.75, 3.05) is 20.2 Å². The van der Waals surface area contributed by atoms with Crippen LogP contribution in [0, 0.1) is 10.1 Å². The second-order valence-electron chi connectivity index (χ2n) is 5.20. The summed E-state index contributed by atoms with van der Waals surface area (Å²) in [5.41, 5.74) is 0.179. The summed E-state index contributed by atoms with van der Waals surface area (Å²) < 4.78 is 4.96. The van der Waals surface area contributed by atoms with E-state index >= 15 is 0 Å². The van der Waals surface area contributed by atoms with Gasteiger partial charge in [-0.15, -0.1) is 0 Å². The van der Waals surface area contributed by atoms with Crippen LogP contribution in [0.4, 0.5) is 5.69 Å². The van der Waals surface area contributed by atoms with Crippen LogP contribution >= 0.6 is 0 Å². The molecule has 0 spiro atoms. The number of amides is 1. The molecule has 0 bridgehead atoms. The van der Waals surface area contributed by atoms with Crippen molar-refractivity contribution in [3.05, 3.63) is 33.9 Å². The minimum absolute atomic E-state index is 0.136. The van der Waals surface area contributed by atoms with Gasteiger partial charge in [-0.3, -0.25) is 14.9 Å². The van der Waals surface area contributed by atoms with Crippen molar-refractivity contribution < 1.29 is 14.5 Å². The van der Waals surface area contributed by atoms with E-state index in [1.807, 2.05) is 0 Å². The quantitative estimate of drug-likeness (QED) is 0.634. The fraction of sp³-hybridized carbons (Fsp3) is 0.533. The van der Waals surface area contributed by atoms with Gasteiger partial charge in [0, 0.05) is 24.7 Å². The molecule has 1 aliphatic heterocycles. The molecule has 2 rings (SSSR count). The first kappa shape index (κ1) is 15.3. The Hall–Kier alpha value is -2.11. The van der Waals surface area contributed by atoms with Gasteiger partial charge in [0.05, 0.1) is 12.0 Å². The van der Waals surface area contributed by atoms with Crippen LogP contribution in [0.3, 0.4) is 0 Å². The summed E-state index contributed by atoms with van der Waals surface area (Å²) in [7, 11) is 1.38. The van der Waals surface area contributed by atoms with E-state index in [-0.39, 0.29) is 17.3 Å². The second-order valence-corrected chi connectivity index (χ2v) is 5.20. The second kappa shape index (κ2) is 7.06. The number of rotatable bonds is 3. The molecule has 1 fully saturated rings. The van der Waals surface area contributed by atoms with Gasteiger partial charge in [0.1, 0.15) is 0 Å². The van der Waals surface area contributed by atoms with Crippen LogP contribution in [-0.2, 0) is 0 Å². The number of nitro groups is 1. The van der Waals surface area contributed by atoms with E-state index in [2.05, 4.69) is 0 Å². The molecule has 1 aromatic carbocycles. The number of hydrogen-bond acceptors (Lipinski definition) is 4. The Morgan fingerprint density at radius 3 is 2.38 bits per heavy atom. The van der Waals surface area contributed by atoms with Gasteiger partial charge in [-0.25, -0.2) is 0 Å². The van der Waals surface area contributed by atoms with Gasteiger partial charge >= 0.3 is 5.69 Å². The summed E-state index contributed by atoms with van der Waals surface area (Å²) in [6.07, 6.45) is 5.46. The van der Waals surface area contributed by atoms with E-state index in [0.717, 1.165) is 38.8 Å². The predicted molar refractivity (Wildman–Crippen MR) is 78.6 cm³/mol. The third kappa shape index (κ3) is 3.71. The molecule has 1 saturated heterocycles. The van der Waals surface area contributed by atoms with Gasteiger partial charge in [-0.05, 0) is 25.0 Å². The lowest BCUT2D eigenvalue weighted by Crippen LogP contribution is -2.33. The fourth-order valence-corrected chi connectivity index (χ4v) is 2.60. The lowest BCUT2D eigenvalue weighted by Gasteiger charge is -2.24. The van der Waals surface area contributed by atoms with Crippen molar-refractivity contribution in [3.63, 3.8) is 0 Å². The molecule has 0 radical (unpaired) electrons. The first-order valence-corrected chi connectivity index (χ1v) is 7.25. The Morgan fingerprint density at radius 1 is 1.19 bits per heavy atom. The number of nitrogens with zero attached hydrogens (tertiary/aromatic N) is 2. The molecule has 6 nitrogen and oxygen atoms in total. The molecule has 0 atom stereocenters. The molecule has 1 aliphatic rings. The van der Waals surface area contributed by atoms with E-state index in [1.54, 1.807) is 11.0 Å². The zero-order chi connectivity index (χ0) is 15.2. The number of hydrogen-bond donors (Lipinski definition) is 0.